The van der Waals surface area contributed by atoms with Crippen molar-refractivity contribution in [2.45, 2.75) is 32.8 Å². The number of hydrogen-bond acceptors (Lipinski definition) is 5. The van der Waals surface area contributed by atoms with Crippen molar-refractivity contribution in [1.29, 1.82) is 0 Å². The molecule has 1 aliphatic rings. The Kier molecular flexibility index (Phi) is 5.21. The highest BCUT2D eigenvalue weighted by atomic mass is 16.5. The molecule has 0 saturated carbocycles. The number of nitrogens with zero attached hydrogens (tertiary/aromatic N) is 1. The number of likely N-dealkylation sites (tertiary alicyclic amines) is 1. The zero-order valence-electron chi connectivity index (χ0n) is 14.3. The molecule has 2 heterocycles. The first-order chi connectivity index (χ1) is 11.5. The van der Waals surface area contributed by atoms with Crippen molar-refractivity contribution < 1.29 is 14.3 Å². The van der Waals surface area contributed by atoms with Gasteiger partial charge in [0, 0.05) is 30.6 Å². The molecule has 1 N–H and O–H groups in total. The van der Waals surface area contributed by atoms with Crippen LogP contribution in [0, 0.1) is 12.8 Å². The number of aryl methyl sites for hydroxylation is 1. The van der Waals surface area contributed by atoms with Crippen LogP contribution in [0.2, 0.25) is 0 Å². The zero-order valence-corrected chi connectivity index (χ0v) is 14.3. The zero-order chi connectivity index (χ0) is 17.1. The Morgan fingerprint density at radius 3 is 3.04 bits per heavy atom. The normalized spacial score (nSPS) is 20.2. The summed E-state index contributed by atoms with van der Waals surface area (Å²) in [7, 11) is 0. The Labute approximate surface area is 141 Å². The molecule has 2 aromatic rings. The first kappa shape index (κ1) is 17.0. The Morgan fingerprint density at radius 1 is 1.42 bits per heavy atom. The average Bonchev–Trinajstić information content (AvgIpc) is 2.52. The van der Waals surface area contributed by atoms with E-state index in [1.165, 1.54) is 18.9 Å². The molecule has 0 aliphatic carbocycles. The van der Waals surface area contributed by atoms with E-state index in [1.807, 2.05) is 19.1 Å². The molecule has 0 spiro atoms. The predicted molar refractivity (Wildman–Crippen MR) is 93.6 cm³/mol. The van der Waals surface area contributed by atoms with Crippen LogP contribution in [0.4, 0.5) is 0 Å². The Morgan fingerprint density at radius 2 is 2.25 bits per heavy atom. The molecule has 1 saturated heterocycles. The highest BCUT2D eigenvalue weighted by Gasteiger charge is 2.19. The molecule has 1 aromatic heterocycles. The van der Waals surface area contributed by atoms with E-state index in [1.54, 1.807) is 6.07 Å². The van der Waals surface area contributed by atoms with Gasteiger partial charge in [-0.3, -0.25) is 0 Å². The number of β-amino-alcohol motifs (C(OH)–C–C–N with tert-alkyl or cyclic N) is 1. The fourth-order valence-corrected chi connectivity index (χ4v) is 3.39. The monoisotopic (exact) mass is 331 g/mol. The Bertz CT molecular complexity index is 755. The second-order valence-electron chi connectivity index (χ2n) is 6.88. The van der Waals surface area contributed by atoms with Crippen LogP contribution < -0.4 is 10.4 Å². The van der Waals surface area contributed by atoms with E-state index in [0.717, 1.165) is 24.0 Å². The van der Waals surface area contributed by atoms with Gasteiger partial charge in [0.15, 0.2) is 0 Å². The van der Waals surface area contributed by atoms with Crippen LogP contribution in [0.15, 0.2) is 33.5 Å². The second kappa shape index (κ2) is 7.36. The minimum absolute atomic E-state index is 0.229. The van der Waals surface area contributed by atoms with Crippen LogP contribution in [0.5, 0.6) is 5.75 Å². The summed E-state index contributed by atoms with van der Waals surface area (Å²) in [5.41, 5.74) is 1.03. The predicted octanol–water partition coefficient (Wildman–Crippen LogP) is 2.57. The number of piperidine rings is 1. The fourth-order valence-electron chi connectivity index (χ4n) is 3.39. The summed E-state index contributed by atoms with van der Waals surface area (Å²) in [5, 5.41) is 11.1. The maximum atomic E-state index is 11.5. The molecule has 24 heavy (non-hydrogen) atoms. The molecule has 0 radical (unpaired) electrons. The largest absolute Gasteiger partial charge is 0.491 e. The van der Waals surface area contributed by atoms with E-state index in [4.69, 9.17) is 9.15 Å². The topological polar surface area (TPSA) is 62.9 Å². The van der Waals surface area contributed by atoms with Crippen molar-refractivity contribution in [2.24, 2.45) is 5.92 Å². The van der Waals surface area contributed by atoms with Crippen molar-refractivity contribution in [1.82, 2.24) is 4.90 Å². The first-order valence-electron chi connectivity index (χ1n) is 8.59. The van der Waals surface area contributed by atoms with Gasteiger partial charge in [-0.05, 0) is 49.9 Å². The number of fused-ring (bicyclic) bond motifs is 1. The third-order valence-corrected chi connectivity index (χ3v) is 4.58. The lowest BCUT2D eigenvalue weighted by molar-refractivity contribution is 0.0537. The van der Waals surface area contributed by atoms with E-state index in [9.17, 15) is 9.90 Å². The molecule has 0 unspecified atom stereocenters. The van der Waals surface area contributed by atoms with Gasteiger partial charge in [-0.1, -0.05) is 6.92 Å². The molecule has 5 nitrogen and oxygen atoms in total. The molecular weight excluding hydrogens is 306 g/mol. The minimum Gasteiger partial charge on any atom is -0.491 e. The smallest absolute Gasteiger partial charge is 0.336 e. The fraction of sp³-hybridized carbons (Fsp3) is 0.526. The molecule has 1 fully saturated rings. The molecule has 2 atom stereocenters. The van der Waals surface area contributed by atoms with Gasteiger partial charge in [0.1, 0.15) is 24.0 Å². The van der Waals surface area contributed by atoms with Crippen LogP contribution in [-0.2, 0) is 0 Å². The maximum Gasteiger partial charge on any atom is 0.336 e. The average molecular weight is 331 g/mol. The minimum atomic E-state index is -0.532. The third-order valence-electron chi connectivity index (χ3n) is 4.58. The van der Waals surface area contributed by atoms with Gasteiger partial charge in [-0.2, -0.15) is 0 Å². The molecule has 1 aromatic carbocycles. The SMILES string of the molecule is Cc1cc(=O)oc2cc(OC[C@@H](O)CN3CCC[C@H](C)C3)ccc12. The van der Waals surface area contributed by atoms with E-state index < -0.39 is 6.10 Å². The molecule has 1 aliphatic heterocycles. The quantitative estimate of drug-likeness (QED) is 0.853. The maximum absolute atomic E-state index is 11.5. The molecule has 5 heteroatoms. The lowest BCUT2D eigenvalue weighted by Gasteiger charge is -2.32. The lowest BCUT2D eigenvalue weighted by atomic mass is 10.0. The summed E-state index contributed by atoms with van der Waals surface area (Å²) < 4.78 is 10.9. The molecule has 0 bridgehead atoms. The highest BCUT2D eigenvalue weighted by Crippen LogP contribution is 2.22. The molecule has 0 amide bonds. The van der Waals surface area contributed by atoms with Crippen LogP contribution in [-0.4, -0.2) is 42.4 Å². The summed E-state index contributed by atoms with van der Waals surface area (Å²) >= 11 is 0. The van der Waals surface area contributed by atoms with Crippen molar-refractivity contribution in [3.05, 3.63) is 40.2 Å². The number of aliphatic hydroxyl groups is 1. The van der Waals surface area contributed by atoms with Gasteiger partial charge in [0.05, 0.1) is 0 Å². The van der Waals surface area contributed by atoms with Crippen molar-refractivity contribution in [3.63, 3.8) is 0 Å². The van der Waals surface area contributed by atoms with Crippen molar-refractivity contribution in [2.75, 3.05) is 26.2 Å². The van der Waals surface area contributed by atoms with Gasteiger partial charge in [-0.15, -0.1) is 0 Å². The summed E-state index contributed by atoms with van der Waals surface area (Å²) in [6.45, 7) is 7.07. The molecule has 130 valence electrons. The van der Waals surface area contributed by atoms with Crippen LogP contribution >= 0.6 is 0 Å². The van der Waals surface area contributed by atoms with E-state index >= 15 is 0 Å². The van der Waals surface area contributed by atoms with Gasteiger partial charge in [0.25, 0.3) is 0 Å². The lowest BCUT2D eigenvalue weighted by Crippen LogP contribution is -2.41. The number of benzene rings is 1. The summed E-state index contributed by atoms with van der Waals surface area (Å²) in [6, 6.07) is 6.90. The summed E-state index contributed by atoms with van der Waals surface area (Å²) in [6.07, 6.45) is 1.93. The second-order valence-corrected chi connectivity index (χ2v) is 6.88. The summed E-state index contributed by atoms with van der Waals surface area (Å²) in [4.78, 5) is 13.8. The van der Waals surface area contributed by atoms with E-state index in [-0.39, 0.29) is 12.2 Å². The Hall–Kier alpha value is -1.85. The summed E-state index contributed by atoms with van der Waals surface area (Å²) in [5.74, 6) is 1.29. The molecule has 3 rings (SSSR count). The van der Waals surface area contributed by atoms with Gasteiger partial charge < -0.3 is 19.2 Å². The number of aliphatic hydroxyl groups excluding tert-OH is 1. The van der Waals surface area contributed by atoms with Gasteiger partial charge in [0.2, 0.25) is 0 Å². The van der Waals surface area contributed by atoms with Crippen LogP contribution in [0.3, 0.4) is 0 Å². The van der Waals surface area contributed by atoms with E-state index in [2.05, 4.69) is 11.8 Å². The molecular formula is C19H25NO4. The first-order valence-corrected chi connectivity index (χ1v) is 8.59. The number of rotatable bonds is 5. The Balaban J connectivity index is 1.59. The standard InChI is InChI=1S/C19H25NO4/c1-13-4-3-7-20(10-13)11-15(21)12-23-16-5-6-17-14(2)8-19(22)24-18(17)9-16/h5-6,8-9,13,15,21H,3-4,7,10-12H2,1-2H3/t13-,15-/m0/s1. The van der Waals surface area contributed by atoms with Crippen LogP contribution in [0.1, 0.15) is 25.3 Å². The highest BCUT2D eigenvalue weighted by molar-refractivity contribution is 5.81. The van der Waals surface area contributed by atoms with Gasteiger partial charge >= 0.3 is 5.63 Å². The number of ether oxygens (including phenoxy) is 1. The van der Waals surface area contributed by atoms with Gasteiger partial charge in [-0.25, -0.2) is 4.79 Å². The third kappa shape index (κ3) is 4.16. The number of hydrogen-bond donors (Lipinski definition) is 1. The van der Waals surface area contributed by atoms with E-state index in [0.29, 0.717) is 23.8 Å². The van der Waals surface area contributed by atoms with Crippen molar-refractivity contribution in [3.8, 4) is 5.75 Å². The van der Waals surface area contributed by atoms with Crippen LogP contribution in [0.25, 0.3) is 11.0 Å². The van der Waals surface area contributed by atoms with Crippen molar-refractivity contribution >= 4 is 11.0 Å².